The van der Waals surface area contributed by atoms with E-state index in [9.17, 15) is 4.79 Å². The summed E-state index contributed by atoms with van der Waals surface area (Å²) < 4.78 is 0. The van der Waals surface area contributed by atoms with Crippen molar-refractivity contribution in [3.63, 3.8) is 0 Å². The molecule has 1 amide bonds. The molecule has 2 atom stereocenters. The molecule has 0 aromatic carbocycles. The van der Waals surface area contributed by atoms with Crippen LogP contribution in [0.1, 0.15) is 19.8 Å². The summed E-state index contributed by atoms with van der Waals surface area (Å²) in [6, 6.07) is -0.0865. The van der Waals surface area contributed by atoms with Crippen molar-refractivity contribution >= 4 is 5.91 Å². The minimum atomic E-state index is -0.208. The van der Waals surface area contributed by atoms with Crippen LogP contribution in [-0.2, 0) is 4.79 Å². The average molecular weight is 185 g/mol. The van der Waals surface area contributed by atoms with Crippen LogP contribution in [0, 0.1) is 5.92 Å². The molecular weight excluding hydrogens is 166 g/mol. The van der Waals surface area contributed by atoms with Crippen molar-refractivity contribution in [2.45, 2.75) is 25.8 Å². The van der Waals surface area contributed by atoms with E-state index in [0.717, 1.165) is 25.9 Å². The summed E-state index contributed by atoms with van der Waals surface area (Å²) in [6.45, 7) is 4.60. The maximum atomic E-state index is 11.1. The van der Waals surface area contributed by atoms with E-state index in [2.05, 4.69) is 4.90 Å². The molecule has 0 saturated carbocycles. The quantitative estimate of drug-likeness (QED) is 0.622. The second-order valence-electron chi connectivity index (χ2n) is 3.71. The van der Waals surface area contributed by atoms with Crippen molar-refractivity contribution in [2.75, 3.05) is 19.6 Å². The van der Waals surface area contributed by atoms with Crippen LogP contribution in [0.15, 0.2) is 0 Å². The third-order valence-corrected chi connectivity index (χ3v) is 2.81. The molecule has 13 heavy (non-hydrogen) atoms. The minimum absolute atomic E-state index is 0.0865. The fourth-order valence-electron chi connectivity index (χ4n) is 1.98. The molecule has 4 heteroatoms. The van der Waals surface area contributed by atoms with Crippen LogP contribution in [0.2, 0.25) is 0 Å². The van der Waals surface area contributed by atoms with E-state index in [-0.39, 0.29) is 11.9 Å². The zero-order valence-corrected chi connectivity index (χ0v) is 8.20. The fraction of sp³-hybridized carbons (Fsp3) is 0.889. The number of amides is 1. The van der Waals surface area contributed by atoms with Crippen molar-refractivity contribution < 1.29 is 4.79 Å². The lowest BCUT2D eigenvalue weighted by molar-refractivity contribution is -0.123. The van der Waals surface area contributed by atoms with E-state index in [1.54, 1.807) is 0 Å². The highest BCUT2D eigenvalue weighted by Crippen LogP contribution is 2.18. The van der Waals surface area contributed by atoms with Gasteiger partial charge in [-0.05, 0) is 31.8 Å². The van der Waals surface area contributed by atoms with E-state index in [1.807, 2.05) is 6.92 Å². The Morgan fingerprint density at radius 3 is 2.77 bits per heavy atom. The Labute approximate surface area is 79.3 Å². The lowest BCUT2D eigenvalue weighted by Gasteiger charge is -2.23. The number of carbonyl (C=O) groups is 1. The number of primary amides is 1. The molecule has 1 saturated heterocycles. The van der Waals surface area contributed by atoms with Gasteiger partial charge in [0.2, 0.25) is 5.91 Å². The summed E-state index contributed by atoms with van der Waals surface area (Å²) in [6.07, 6.45) is 1.90. The van der Waals surface area contributed by atoms with Gasteiger partial charge in [0.1, 0.15) is 0 Å². The zero-order chi connectivity index (χ0) is 9.84. The first-order chi connectivity index (χ1) is 6.19. The van der Waals surface area contributed by atoms with Gasteiger partial charge in [-0.15, -0.1) is 0 Å². The Morgan fingerprint density at radius 2 is 2.38 bits per heavy atom. The Balaban J connectivity index is 2.48. The largest absolute Gasteiger partial charge is 0.368 e. The number of hydrogen-bond acceptors (Lipinski definition) is 3. The lowest BCUT2D eigenvalue weighted by atomic mass is 10.1. The third-order valence-electron chi connectivity index (χ3n) is 2.81. The molecule has 1 aliphatic heterocycles. The number of rotatable bonds is 4. The molecule has 2 unspecified atom stereocenters. The molecule has 4 N–H and O–H groups in total. The molecule has 0 aromatic rings. The predicted octanol–water partition coefficient (Wildman–Crippen LogP) is -0.469. The summed E-state index contributed by atoms with van der Waals surface area (Å²) in [5.74, 6) is 0.341. The zero-order valence-electron chi connectivity index (χ0n) is 8.20. The highest BCUT2D eigenvalue weighted by Gasteiger charge is 2.29. The second-order valence-corrected chi connectivity index (χ2v) is 3.71. The van der Waals surface area contributed by atoms with Gasteiger partial charge in [0.15, 0.2) is 0 Å². The number of likely N-dealkylation sites (tertiary alicyclic amines) is 1. The maximum absolute atomic E-state index is 11.1. The van der Waals surface area contributed by atoms with Crippen LogP contribution in [0.5, 0.6) is 0 Å². The fourth-order valence-corrected chi connectivity index (χ4v) is 1.98. The molecule has 1 aliphatic rings. The number of nitrogens with two attached hydrogens (primary N) is 2. The topological polar surface area (TPSA) is 72.4 Å². The molecule has 0 spiro atoms. The summed E-state index contributed by atoms with van der Waals surface area (Å²) in [5.41, 5.74) is 10.9. The summed E-state index contributed by atoms with van der Waals surface area (Å²) in [7, 11) is 0. The van der Waals surface area contributed by atoms with Crippen molar-refractivity contribution in [3.05, 3.63) is 0 Å². The molecule has 1 fully saturated rings. The molecule has 0 aliphatic carbocycles. The van der Waals surface area contributed by atoms with Gasteiger partial charge in [-0.3, -0.25) is 9.69 Å². The number of carbonyl (C=O) groups excluding carboxylic acids is 1. The van der Waals surface area contributed by atoms with Crippen molar-refractivity contribution in [1.29, 1.82) is 0 Å². The molecule has 1 rings (SSSR count). The van der Waals surface area contributed by atoms with Crippen LogP contribution in [0.4, 0.5) is 0 Å². The summed E-state index contributed by atoms with van der Waals surface area (Å²) in [5, 5.41) is 0. The van der Waals surface area contributed by atoms with Gasteiger partial charge in [0.25, 0.3) is 0 Å². The second kappa shape index (κ2) is 4.58. The molecule has 0 radical (unpaired) electrons. The van der Waals surface area contributed by atoms with Gasteiger partial charge >= 0.3 is 0 Å². The highest BCUT2D eigenvalue weighted by molar-refractivity contribution is 5.79. The first kappa shape index (κ1) is 10.5. The Morgan fingerprint density at radius 1 is 1.69 bits per heavy atom. The maximum Gasteiger partial charge on any atom is 0.234 e. The molecule has 1 heterocycles. The Hall–Kier alpha value is -0.610. The van der Waals surface area contributed by atoms with Crippen LogP contribution in [0.25, 0.3) is 0 Å². The van der Waals surface area contributed by atoms with Crippen LogP contribution in [-0.4, -0.2) is 36.5 Å². The van der Waals surface area contributed by atoms with Crippen LogP contribution >= 0.6 is 0 Å². The van der Waals surface area contributed by atoms with Crippen molar-refractivity contribution in [3.8, 4) is 0 Å². The van der Waals surface area contributed by atoms with Gasteiger partial charge in [0.05, 0.1) is 6.04 Å². The lowest BCUT2D eigenvalue weighted by Crippen LogP contribution is -2.43. The van der Waals surface area contributed by atoms with Crippen molar-refractivity contribution in [1.82, 2.24) is 4.90 Å². The smallest absolute Gasteiger partial charge is 0.234 e. The van der Waals surface area contributed by atoms with Gasteiger partial charge in [-0.25, -0.2) is 0 Å². The van der Waals surface area contributed by atoms with Crippen LogP contribution in [0.3, 0.4) is 0 Å². The Bertz CT molecular complexity index is 184. The highest BCUT2D eigenvalue weighted by atomic mass is 16.1. The number of nitrogens with zero attached hydrogens (tertiary/aromatic N) is 1. The van der Waals surface area contributed by atoms with Gasteiger partial charge < -0.3 is 11.5 Å². The molecular formula is C9H19N3O. The summed E-state index contributed by atoms with van der Waals surface area (Å²) >= 11 is 0. The van der Waals surface area contributed by atoms with E-state index >= 15 is 0 Å². The van der Waals surface area contributed by atoms with E-state index in [4.69, 9.17) is 11.5 Å². The van der Waals surface area contributed by atoms with E-state index in [0.29, 0.717) is 12.5 Å². The standard InChI is InChI=1S/C9H19N3O/c1-2-8(9(11)13)12-4-3-7(5-10)6-12/h7-8H,2-6,10H2,1H3,(H2,11,13). The molecule has 4 nitrogen and oxygen atoms in total. The predicted molar refractivity (Wildman–Crippen MR) is 52.0 cm³/mol. The summed E-state index contributed by atoms with van der Waals surface area (Å²) in [4.78, 5) is 13.2. The first-order valence-electron chi connectivity index (χ1n) is 4.92. The van der Waals surface area contributed by atoms with Gasteiger partial charge in [0, 0.05) is 6.54 Å². The third kappa shape index (κ3) is 2.42. The molecule has 76 valence electrons. The molecule has 0 bridgehead atoms. The van der Waals surface area contributed by atoms with Gasteiger partial charge in [-0.1, -0.05) is 6.92 Å². The first-order valence-corrected chi connectivity index (χ1v) is 4.92. The monoisotopic (exact) mass is 185 g/mol. The Kier molecular flexibility index (Phi) is 3.69. The average Bonchev–Trinajstić information content (AvgIpc) is 2.53. The van der Waals surface area contributed by atoms with Crippen LogP contribution < -0.4 is 11.5 Å². The SMILES string of the molecule is CCC(C(N)=O)N1CCC(CN)C1. The number of hydrogen-bond donors (Lipinski definition) is 2. The van der Waals surface area contributed by atoms with Crippen molar-refractivity contribution in [2.24, 2.45) is 17.4 Å². The minimum Gasteiger partial charge on any atom is -0.368 e. The molecule has 0 aromatic heterocycles. The normalized spacial score (nSPS) is 26.2. The van der Waals surface area contributed by atoms with E-state index < -0.39 is 0 Å². The van der Waals surface area contributed by atoms with E-state index in [1.165, 1.54) is 0 Å². The van der Waals surface area contributed by atoms with Gasteiger partial charge in [-0.2, -0.15) is 0 Å².